The maximum Gasteiger partial charge on any atom is 0.421 e. The van der Waals surface area contributed by atoms with Crippen molar-refractivity contribution >= 4 is 32.7 Å². The molecule has 142 valence electrons. The molecule has 0 bridgehead atoms. The van der Waals surface area contributed by atoms with Crippen LogP contribution < -0.4 is 5.76 Å². The van der Waals surface area contributed by atoms with E-state index < -0.39 is 15.8 Å². The highest BCUT2D eigenvalue weighted by atomic mass is 35.5. The van der Waals surface area contributed by atoms with E-state index in [4.69, 9.17) is 16.0 Å². The van der Waals surface area contributed by atoms with Crippen LogP contribution in [-0.2, 0) is 16.7 Å². The average Bonchev–Trinajstić information content (AvgIpc) is 2.98. The van der Waals surface area contributed by atoms with Gasteiger partial charge in [0.15, 0.2) is 5.58 Å². The van der Waals surface area contributed by atoms with E-state index in [1.54, 1.807) is 28.8 Å². The number of oxazole rings is 1. The molecule has 2 heterocycles. The molecule has 0 unspecified atom stereocenters. The van der Waals surface area contributed by atoms with Gasteiger partial charge in [0.2, 0.25) is 10.0 Å². The van der Waals surface area contributed by atoms with Gasteiger partial charge < -0.3 is 4.42 Å². The topological polar surface area (TPSA) is 75.8 Å². The zero-order valence-corrected chi connectivity index (χ0v) is 16.0. The summed E-state index contributed by atoms with van der Waals surface area (Å²) in [5.41, 5.74) is 1.27. The molecule has 0 N–H and O–H groups in total. The van der Waals surface area contributed by atoms with Gasteiger partial charge in [0.25, 0.3) is 0 Å². The van der Waals surface area contributed by atoms with E-state index in [-0.39, 0.29) is 9.92 Å². The Bertz CT molecular complexity index is 1130. The summed E-state index contributed by atoms with van der Waals surface area (Å²) in [4.78, 5) is 14.3. The summed E-state index contributed by atoms with van der Waals surface area (Å²) in [6, 6.07) is 13.7. The summed E-state index contributed by atoms with van der Waals surface area (Å²) in [7, 11) is -3.63. The van der Waals surface area contributed by atoms with E-state index in [0.29, 0.717) is 38.4 Å². The Hall–Kier alpha value is -2.13. The van der Waals surface area contributed by atoms with Crippen LogP contribution in [0, 0.1) is 0 Å². The van der Waals surface area contributed by atoms with Crippen molar-refractivity contribution in [2.75, 3.05) is 26.2 Å². The van der Waals surface area contributed by atoms with Crippen LogP contribution in [0.5, 0.6) is 0 Å². The molecule has 2 aromatic carbocycles. The zero-order chi connectivity index (χ0) is 19.0. The van der Waals surface area contributed by atoms with Gasteiger partial charge in [0.05, 0.1) is 17.2 Å². The highest BCUT2D eigenvalue weighted by Gasteiger charge is 2.30. The third-order valence-electron chi connectivity index (χ3n) is 4.70. The predicted octanol–water partition coefficient (Wildman–Crippen LogP) is 2.21. The fourth-order valence-corrected chi connectivity index (χ4v) is 5.17. The Balaban J connectivity index is 1.49. The maximum atomic E-state index is 12.8. The highest BCUT2D eigenvalue weighted by molar-refractivity contribution is 7.89. The highest BCUT2D eigenvalue weighted by Crippen LogP contribution is 2.25. The Morgan fingerprint density at radius 1 is 0.963 bits per heavy atom. The molecule has 4 rings (SSSR count). The van der Waals surface area contributed by atoms with Gasteiger partial charge in [-0.3, -0.25) is 9.47 Å². The summed E-state index contributed by atoms with van der Waals surface area (Å²) in [6.07, 6.45) is 0. The number of sulfonamides is 1. The SMILES string of the molecule is O=c1oc2ccccc2n1CN1CCN(S(=O)(=O)c2ccccc2Cl)CC1. The lowest BCUT2D eigenvalue weighted by atomic mass is 10.3. The quantitative estimate of drug-likeness (QED) is 0.662. The van der Waals surface area contributed by atoms with Crippen LogP contribution in [0.3, 0.4) is 0 Å². The van der Waals surface area contributed by atoms with E-state index in [2.05, 4.69) is 0 Å². The van der Waals surface area contributed by atoms with E-state index in [1.807, 2.05) is 23.1 Å². The molecule has 9 heteroatoms. The summed E-state index contributed by atoms with van der Waals surface area (Å²) in [5.74, 6) is -0.415. The fraction of sp³-hybridized carbons (Fsp3) is 0.278. The molecule has 1 fully saturated rings. The monoisotopic (exact) mass is 407 g/mol. The first-order valence-electron chi connectivity index (χ1n) is 8.52. The molecule has 0 saturated carbocycles. The minimum atomic E-state index is -3.63. The Labute approximate surface area is 161 Å². The number of piperazine rings is 1. The van der Waals surface area contributed by atoms with Gasteiger partial charge in [-0.05, 0) is 24.3 Å². The average molecular weight is 408 g/mol. The number of rotatable bonds is 4. The molecule has 0 radical (unpaired) electrons. The molecular weight excluding hydrogens is 390 g/mol. The molecule has 0 atom stereocenters. The van der Waals surface area contributed by atoms with E-state index in [0.717, 1.165) is 5.52 Å². The fourth-order valence-electron chi connectivity index (χ4n) is 3.25. The third kappa shape index (κ3) is 3.41. The van der Waals surface area contributed by atoms with Crippen LogP contribution in [-0.4, -0.2) is 48.4 Å². The lowest BCUT2D eigenvalue weighted by Crippen LogP contribution is -2.49. The smallest absolute Gasteiger partial charge is 0.408 e. The number of nitrogens with zero attached hydrogens (tertiary/aromatic N) is 3. The van der Waals surface area contributed by atoms with Gasteiger partial charge in [-0.15, -0.1) is 0 Å². The molecule has 0 amide bonds. The second kappa shape index (κ2) is 7.12. The first kappa shape index (κ1) is 18.2. The number of halogens is 1. The second-order valence-corrected chi connectivity index (χ2v) is 8.67. The maximum absolute atomic E-state index is 12.8. The summed E-state index contributed by atoms with van der Waals surface area (Å²) < 4.78 is 33.9. The van der Waals surface area contributed by atoms with Gasteiger partial charge in [0.1, 0.15) is 4.90 Å². The van der Waals surface area contributed by atoms with Gasteiger partial charge in [0, 0.05) is 26.2 Å². The molecule has 3 aromatic rings. The standard InChI is InChI=1S/C18H18ClN3O4S/c19-14-5-1-4-8-17(14)27(24,25)21-11-9-20(10-12-21)13-22-15-6-2-3-7-16(15)26-18(22)23/h1-8H,9-13H2. The van der Waals surface area contributed by atoms with Crippen molar-refractivity contribution in [1.29, 1.82) is 0 Å². The normalized spacial score (nSPS) is 16.8. The predicted molar refractivity (Wildman–Crippen MR) is 102 cm³/mol. The summed E-state index contributed by atoms with van der Waals surface area (Å²) >= 11 is 6.06. The minimum absolute atomic E-state index is 0.122. The van der Waals surface area contributed by atoms with Crippen LogP contribution in [0.15, 0.2) is 62.6 Å². The third-order valence-corrected chi connectivity index (χ3v) is 7.10. The van der Waals surface area contributed by atoms with Crippen LogP contribution in [0.2, 0.25) is 5.02 Å². The molecule has 0 aliphatic carbocycles. The number of hydrogen-bond acceptors (Lipinski definition) is 5. The van der Waals surface area contributed by atoms with Crippen LogP contribution in [0.4, 0.5) is 0 Å². The molecule has 1 aromatic heterocycles. The number of benzene rings is 2. The number of hydrogen-bond donors (Lipinski definition) is 0. The molecule has 1 aliphatic rings. The van der Waals surface area contributed by atoms with Crippen molar-refractivity contribution < 1.29 is 12.8 Å². The zero-order valence-electron chi connectivity index (χ0n) is 14.4. The Morgan fingerprint density at radius 3 is 2.37 bits per heavy atom. The van der Waals surface area contributed by atoms with E-state index >= 15 is 0 Å². The van der Waals surface area contributed by atoms with Gasteiger partial charge in [-0.2, -0.15) is 4.31 Å². The molecule has 0 spiro atoms. The number of para-hydroxylation sites is 2. The van der Waals surface area contributed by atoms with Gasteiger partial charge in [-0.25, -0.2) is 13.2 Å². The van der Waals surface area contributed by atoms with Crippen LogP contribution in [0.25, 0.3) is 11.1 Å². The molecule has 7 nitrogen and oxygen atoms in total. The van der Waals surface area contributed by atoms with Crippen molar-refractivity contribution in [3.8, 4) is 0 Å². The summed E-state index contributed by atoms with van der Waals surface area (Å²) in [5, 5.41) is 0.219. The second-order valence-electron chi connectivity index (χ2n) is 6.36. The number of aromatic nitrogens is 1. The van der Waals surface area contributed by atoms with Gasteiger partial charge in [-0.1, -0.05) is 35.9 Å². The van der Waals surface area contributed by atoms with E-state index in [1.165, 1.54) is 10.4 Å². The molecule has 1 aliphatic heterocycles. The van der Waals surface area contributed by atoms with Crippen molar-refractivity contribution in [2.45, 2.75) is 11.6 Å². The first-order chi connectivity index (χ1) is 13.0. The van der Waals surface area contributed by atoms with Crippen molar-refractivity contribution in [3.63, 3.8) is 0 Å². The molecule has 27 heavy (non-hydrogen) atoms. The molecular formula is C18H18ClN3O4S. The van der Waals surface area contributed by atoms with Gasteiger partial charge >= 0.3 is 5.76 Å². The Morgan fingerprint density at radius 2 is 1.63 bits per heavy atom. The van der Waals surface area contributed by atoms with Crippen LogP contribution in [0.1, 0.15) is 0 Å². The van der Waals surface area contributed by atoms with Crippen molar-refractivity contribution in [2.24, 2.45) is 0 Å². The lowest BCUT2D eigenvalue weighted by molar-refractivity contribution is 0.150. The van der Waals surface area contributed by atoms with Crippen molar-refractivity contribution in [1.82, 2.24) is 13.8 Å². The Kier molecular flexibility index (Phi) is 4.81. The molecule has 1 saturated heterocycles. The summed E-state index contributed by atoms with van der Waals surface area (Å²) in [6.45, 7) is 2.04. The van der Waals surface area contributed by atoms with E-state index in [9.17, 15) is 13.2 Å². The largest absolute Gasteiger partial charge is 0.421 e. The first-order valence-corrected chi connectivity index (χ1v) is 10.3. The van der Waals surface area contributed by atoms with Crippen LogP contribution >= 0.6 is 11.6 Å². The number of fused-ring (bicyclic) bond motifs is 1. The lowest BCUT2D eigenvalue weighted by Gasteiger charge is -2.33. The van der Waals surface area contributed by atoms with Crippen molar-refractivity contribution in [3.05, 3.63) is 64.1 Å². The minimum Gasteiger partial charge on any atom is -0.408 e.